The molecule has 0 aromatic heterocycles. The Labute approximate surface area is 137 Å². The second-order valence-corrected chi connectivity index (χ2v) is 8.28. The first-order valence-corrected chi connectivity index (χ1v) is 8.57. The summed E-state index contributed by atoms with van der Waals surface area (Å²) >= 11 is -1.16. The second-order valence-electron chi connectivity index (χ2n) is 6.28. The first-order chi connectivity index (χ1) is 10.3. The van der Waals surface area contributed by atoms with Crippen LogP contribution in [0, 0.1) is 5.41 Å². The number of rotatable bonds is 7. The molecule has 3 N–H and O–H groups in total. The van der Waals surface area contributed by atoms with Crippen LogP contribution in [0.5, 0.6) is 0 Å². The van der Waals surface area contributed by atoms with Crippen molar-refractivity contribution < 1.29 is 4.55 Å². The van der Waals surface area contributed by atoms with Gasteiger partial charge in [0.1, 0.15) is 4.75 Å². The molecular formula is C17H27N3OS. The van der Waals surface area contributed by atoms with Crippen molar-refractivity contribution in [2.24, 2.45) is 0 Å². The Morgan fingerprint density at radius 2 is 1.91 bits per heavy atom. The SMILES string of the molecule is C/C(NCc1ccccc1)=C(/C=N)[C@H](C)N[S+]([O-])C(C)(C)C. The summed E-state index contributed by atoms with van der Waals surface area (Å²) in [5, 5.41) is 11.0. The maximum absolute atomic E-state index is 12.2. The van der Waals surface area contributed by atoms with Crippen molar-refractivity contribution in [1.82, 2.24) is 10.0 Å². The first kappa shape index (κ1) is 18.7. The van der Waals surface area contributed by atoms with Crippen molar-refractivity contribution >= 4 is 17.6 Å². The van der Waals surface area contributed by atoms with Gasteiger partial charge in [0, 0.05) is 35.4 Å². The third-order valence-corrected chi connectivity index (χ3v) is 4.98. The van der Waals surface area contributed by atoms with Gasteiger partial charge in [-0.3, -0.25) is 0 Å². The fourth-order valence-corrected chi connectivity index (χ4v) is 2.69. The van der Waals surface area contributed by atoms with E-state index in [2.05, 4.69) is 22.2 Å². The molecule has 0 saturated heterocycles. The average Bonchev–Trinajstić information content (AvgIpc) is 2.46. The normalized spacial score (nSPS) is 15.7. The Kier molecular flexibility index (Phi) is 7.13. The maximum Gasteiger partial charge on any atom is 0.136 e. The lowest BCUT2D eigenvalue weighted by Gasteiger charge is -2.27. The van der Waals surface area contributed by atoms with Gasteiger partial charge in [0.15, 0.2) is 0 Å². The molecule has 0 bridgehead atoms. The molecule has 4 nitrogen and oxygen atoms in total. The fourth-order valence-electron chi connectivity index (χ4n) is 1.89. The summed E-state index contributed by atoms with van der Waals surface area (Å²) in [6.07, 6.45) is 1.32. The molecule has 0 heterocycles. The zero-order chi connectivity index (χ0) is 16.8. The highest BCUT2D eigenvalue weighted by atomic mass is 32.2. The van der Waals surface area contributed by atoms with Crippen molar-refractivity contribution in [3.63, 3.8) is 0 Å². The quantitative estimate of drug-likeness (QED) is 0.534. The molecule has 0 amide bonds. The van der Waals surface area contributed by atoms with Crippen LogP contribution < -0.4 is 10.0 Å². The van der Waals surface area contributed by atoms with Gasteiger partial charge in [-0.15, -0.1) is 4.72 Å². The lowest BCUT2D eigenvalue weighted by molar-refractivity contribution is 0.537. The number of benzene rings is 1. The van der Waals surface area contributed by atoms with E-state index < -0.39 is 11.4 Å². The van der Waals surface area contributed by atoms with E-state index in [9.17, 15) is 4.55 Å². The van der Waals surface area contributed by atoms with E-state index in [1.165, 1.54) is 11.8 Å². The highest BCUT2D eigenvalue weighted by Gasteiger charge is 2.29. The first-order valence-electron chi connectivity index (χ1n) is 7.42. The highest BCUT2D eigenvalue weighted by Crippen LogP contribution is 2.16. The van der Waals surface area contributed by atoms with Gasteiger partial charge in [0.25, 0.3) is 0 Å². The van der Waals surface area contributed by atoms with E-state index in [1.807, 2.05) is 52.8 Å². The van der Waals surface area contributed by atoms with E-state index in [4.69, 9.17) is 5.41 Å². The molecule has 122 valence electrons. The Morgan fingerprint density at radius 1 is 1.32 bits per heavy atom. The molecule has 0 saturated carbocycles. The van der Waals surface area contributed by atoms with E-state index >= 15 is 0 Å². The van der Waals surface area contributed by atoms with Crippen LogP contribution in [-0.4, -0.2) is 21.6 Å². The Balaban J connectivity index is 2.72. The Hall–Kier alpha value is -1.30. The lowest BCUT2D eigenvalue weighted by Crippen LogP contribution is -2.45. The minimum atomic E-state index is -1.16. The van der Waals surface area contributed by atoms with Crippen LogP contribution in [0.15, 0.2) is 41.6 Å². The predicted molar refractivity (Wildman–Crippen MR) is 95.3 cm³/mol. The summed E-state index contributed by atoms with van der Waals surface area (Å²) in [5.74, 6) is 0. The highest BCUT2D eigenvalue weighted by molar-refractivity contribution is 7.90. The van der Waals surface area contributed by atoms with Gasteiger partial charge in [0.2, 0.25) is 0 Å². The van der Waals surface area contributed by atoms with E-state index in [0.717, 1.165) is 11.3 Å². The molecule has 0 aliphatic carbocycles. The zero-order valence-corrected chi connectivity index (χ0v) is 14.9. The molecule has 0 fully saturated rings. The predicted octanol–water partition coefficient (Wildman–Crippen LogP) is 3.14. The van der Waals surface area contributed by atoms with Crippen LogP contribution in [0.3, 0.4) is 0 Å². The topological polar surface area (TPSA) is 71.0 Å². The molecule has 5 heteroatoms. The van der Waals surface area contributed by atoms with Gasteiger partial charge >= 0.3 is 0 Å². The van der Waals surface area contributed by atoms with Crippen LogP contribution in [0.25, 0.3) is 0 Å². The van der Waals surface area contributed by atoms with Gasteiger partial charge in [-0.05, 0) is 40.2 Å². The van der Waals surface area contributed by atoms with Crippen LogP contribution in [0.4, 0.5) is 0 Å². The average molecular weight is 321 g/mol. The summed E-state index contributed by atoms with van der Waals surface area (Å²) in [7, 11) is 0. The second kappa shape index (κ2) is 8.36. The molecule has 1 aromatic rings. The Bertz CT molecular complexity index is 508. The van der Waals surface area contributed by atoms with E-state index in [0.29, 0.717) is 6.54 Å². The van der Waals surface area contributed by atoms with Crippen LogP contribution in [0.1, 0.15) is 40.2 Å². The molecule has 2 atom stereocenters. The fraction of sp³-hybridized carbons (Fsp3) is 0.471. The number of hydrogen-bond donors (Lipinski definition) is 3. The summed E-state index contributed by atoms with van der Waals surface area (Å²) in [5.41, 5.74) is 2.92. The largest absolute Gasteiger partial charge is 0.598 e. The van der Waals surface area contributed by atoms with Gasteiger partial charge < -0.3 is 15.3 Å². The smallest absolute Gasteiger partial charge is 0.136 e. The summed E-state index contributed by atoms with van der Waals surface area (Å²) in [6.45, 7) is 10.4. The minimum Gasteiger partial charge on any atom is -0.598 e. The molecular weight excluding hydrogens is 294 g/mol. The molecule has 0 aliphatic rings. The molecule has 0 spiro atoms. The van der Waals surface area contributed by atoms with Crippen LogP contribution in [0.2, 0.25) is 0 Å². The molecule has 1 rings (SSSR count). The number of nitrogens with one attached hydrogen (secondary N) is 3. The third-order valence-electron chi connectivity index (χ3n) is 3.30. The van der Waals surface area contributed by atoms with Crippen molar-refractivity contribution in [3.8, 4) is 0 Å². The van der Waals surface area contributed by atoms with Gasteiger partial charge in [-0.2, -0.15) is 0 Å². The molecule has 0 aliphatic heterocycles. The van der Waals surface area contributed by atoms with Crippen molar-refractivity contribution in [2.45, 2.75) is 52.0 Å². The molecule has 22 heavy (non-hydrogen) atoms. The summed E-state index contributed by atoms with van der Waals surface area (Å²) in [4.78, 5) is 0. The lowest BCUT2D eigenvalue weighted by atomic mass is 10.1. The standard InChI is InChI=1S/C17H27N3OS/c1-13(19-12-15-9-7-6-8-10-15)16(11-18)14(2)20-22(21)17(3,4)5/h6-11,14,18-20H,12H2,1-5H3/b16-13+,18-11?/t14-,22?/m0/s1. The van der Waals surface area contributed by atoms with Crippen molar-refractivity contribution in [2.75, 3.05) is 0 Å². The summed E-state index contributed by atoms with van der Waals surface area (Å²) in [6, 6.07) is 9.96. The van der Waals surface area contributed by atoms with Crippen LogP contribution >= 0.6 is 0 Å². The molecule has 1 aromatic carbocycles. The minimum absolute atomic E-state index is 0.152. The van der Waals surface area contributed by atoms with Gasteiger partial charge in [-0.1, -0.05) is 30.3 Å². The van der Waals surface area contributed by atoms with Crippen LogP contribution in [-0.2, 0) is 17.9 Å². The Morgan fingerprint density at radius 3 is 2.41 bits per heavy atom. The monoisotopic (exact) mass is 321 g/mol. The number of allylic oxidation sites excluding steroid dienone is 1. The van der Waals surface area contributed by atoms with E-state index in [1.54, 1.807) is 0 Å². The molecule has 0 radical (unpaired) electrons. The molecule has 1 unspecified atom stereocenters. The van der Waals surface area contributed by atoms with E-state index in [-0.39, 0.29) is 10.8 Å². The van der Waals surface area contributed by atoms with Gasteiger partial charge in [0.05, 0.1) is 6.04 Å². The third kappa shape index (κ3) is 5.83. The van der Waals surface area contributed by atoms with Crippen molar-refractivity contribution in [1.29, 1.82) is 5.41 Å². The summed E-state index contributed by atoms with van der Waals surface area (Å²) < 4.78 is 14.9. The van der Waals surface area contributed by atoms with Crippen molar-refractivity contribution in [3.05, 3.63) is 47.2 Å². The van der Waals surface area contributed by atoms with Gasteiger partial charge in [-0.25, -0.2) is 0 Å². The maximum atomic E-state index is 12.2. The zero-order valence-electron chi connectivity index (χ0n) is 14.1. The number of hydrogen-bond acceptors (Lipinski definition) is 4.